The molecule has 13 amide bonds. The average molecular weight is 1940 g/mol. The quantitative estimate of drug-likeness (QED) is 0.0158. The number of amides is 13. The molecule has 38 heteroatoms. The Morgan fingerprint density at radius 1 is 0.601 bits per heavy atom. The number of ether oxygens (including phenoxy) is 8. The second-order valence-electron chi connectivity index (χ2n) is 37.0. The van der Waals surface area contributed by atoms with Crippen molar-refractivity contribution in [1.29, 1.82) is 0 Å². The van der Waals surface area contributed by atoms with E-state index < -0.39 is 162 Å². The number of likely N-dealkylation sites (tertiary alicyclic amines) is 1. The number of hydrazine groups is 1. The first kappa shape index (κ1) is 115. The molecule has 0 aromatic heterocycles. The number of carbonyl (C=O) groups is 12. The lowest BCUT2D eigenvalue weighted by molar-refractivity contribution is -0.148. The van der Waals surface area contributed by atoms with Gasteiger partial charge in [0.15, 0.2) is 6.23 Å². The van der Waals surface area contributed by atoms with E-state index in [-0.39, 0.29) is 147 Å². The molecule has 7 rings (SSSR count). The van der Waals surface area contributed by atoms with Crippen molar-refractivity contribution >= 4 is 76.7 Å². The predicted octanol–water partition coefficient (Wildman–Crippen LogP) is 4.67. The fraction of sp³-hybridized carbons (Fsp3) is 0.660. The number of fused-ring (bicyclic) bond motifs is 2. The van der Waals surface area contributed by atoms with Crippen molar-refractivity contribution in [2.75, 3.05) is 119 Å². The number of aliphatic hydroxyl groups is 3. The van der Waals surface area contributed by atoms with Crippen molar-refractivity contribution in [1.82, 2.24) is 68.0 Å². The molecule has 15 N–H and O–H groups in total. The normalized spacial score (nSPS) is 19.2. The topological polar surface area (TPSA) is 499 Å². The van der Waals surface area contributed by atoms with Crippen LogP contribution >= 0.6 is 0 Å². The van der Waals surface area contributed by atoms with Gasteiger partial charge in [0.1, 0.15) is 42.9 Å². The van der Waals surface area contributed by atoms with Gasteiger partial charge in [0.25, 0.3) is 0 Å². The Balaban J connectivity index is 0.887. The van der Waals surface area contributed by atoms with Gasteiger partial charge in [-0.2, -0.15) is 0 Å². The fourth-order valence-electron chi connectivity index (χ4n) is 17.6. The molecule has 0 saturated carbocycles. The highest BCUT2D eigenvalue weighted by molar-refractivity contribution is 6.01. The second-order valence-corrected chi connectivity index (χ2v) is 37.0. The minimum absolute atomic E-state index is 0.0000197. The number of unbranched alkanes of at least 4 members (excludes halogenated alkanes) is 1. The minimum atomic E-state index is -1.41. The number of nitrogens with one attached hydrogen (secondary N) is 10. The average Bonchev–Trinajstić information content (AvgIpc) is 1.53. The molecule has 768 valence electrons. The molecular formula is C100H155N15O23. The van der Waals surface area contributed by atoms with Crippen LogP contribution < -0.4 is 64.0 Å². The molecule has 3 aromatic rings. The minimum Gasteiger partial charge on any atom is -0.394 e. The Morgan fingerprint density at radius 3 is 1.89 bits per heavy atom. The maximum atomic E-state index is 15.0. The number of hydrogen-bond acceptors (Lipinski definition) is 26. The molecule has 4 aliphatic rings. The van der Waals surface area contributed by atoms with Gasteiger partial charge in [-0.05, 0) is 131 Å². The number of allylic oxidation sites excluding steroid dienone is 1. The molecule has 3 aromatic carbocycles. The number of para-hydroxylation sites is 1. The van der Waals surface area contributed by atoms with E-state index in [1.807, 2.05) is 68.4 Å². The molecule has 0 bridgehead atoms. The maximum absolute atomic E-state index is 15.0. The van der Waals surface area contributed by atoms with E-state index in [0.29, 0.717) is 87.1 Å². The number of nitrogens with two attached hydrogens (primary N) is 1. The number of anilines is 1. The van der Waals surface area contributed by atoms with Crippen LogP contribution in [0.5, 0.6) is 0 Å². The summed E-state index contributed by atoms with van der Waals surface area (Å²) >= 11 is 0. The van der Waals surface area contributed by atoms with E-state index in [1.165, 1.54) is 33.1 Å². The number of aliphatic hydroxyl groups excluding tert-OH is 3. The first-order valence-corrected chi connectivity index (χ1v) is 48.9. The number of methoxy groups -OCH3 is 2. The van der Waals surface area contributed by atoms with Gasteiger partial charge in [-0.25, -0.2) is 4.79 Å². The SMILES string of the molecule is CC[C@H](C)[C@@H]([C@@H](CC(=O)N1CCC[C@H]1[C@H](OC)[C@@H](C)C(=O)N[C@H](C)[C@@H](O)c1ccccc1)OC)N(C)C(=O)[C@@H](NC(=O)[C@H](C(C)C)N(C)C(=O)NC(=O)[C@H](C)NC(=O)[C@@H](NC(=O)[C@@H](CCCCNC(=O)COC1CCCCCC(N[C@@H]2O[C@H](CO)CC[C@H]2O)=C1NN)NC(=O)CCOCCOCCOCCOCCNC(=O)CCC(=O)N1Cc2ccccc2C#Cc2ccccc21)C(C)C)C(C)C. The Labute approximate surface area is 813 Å². The van der Waals surface area contributed by atoms with E-state index in [2.05, 4.69) is 65.1 Å². The number of nitrogens with zero attached hydrogens (tertiary/aromatic N) is 4. The van der Waals surface area contributed by atoms with Crippen molar-refractivity contribution in [2.45, 2.75) is 283 Å². The summed E-state index contributed by atoms with van der Waals surface area (Å²) in [5.41, 5.74) is 7.76. The van der Waals surface area contributed by atoms with Crippen molar-refractivity contribution in [3.63, 3.8) is 0 Å². The van der Waals surface area contributed by atoms with Gasteiger partial charge in [0, 0.05) is 84.0 Å². The largest absolute Gasteiger partial charge is 0.394 e. The van der Waals surface area contributed by atoms with E-state index in [9.17, 15) is 68.1 Å². The Morgan fingerprint density at radius 2 is 1.24 bits per heavy atom. The van der Waals surface area contributed by atoms with E-state index in [0.717, 1.165) is 40.9 Å². The first-order valence-electron chi connectivity index (χ1n) is 48.9. The van der Waals surface area contributed by atoms with E-state index in [4.69, 9.17) is 43.7 Å². The van der Waals surface area contributed by atoms with Crippen LogP contribution in [0.25, 0.3) is 0 Å². The van der Waals surface area contributed by atoms with E-state index in [1.54, 1.807) is 96.5 Å². The molecule has 17 atom stereocenters. The van der Waals surface area contributed by atoms with Crippen LogP contribution in [-0.2, 0) is 97.2 Å². The van der Waals surface area contributed by atoms with Gasteiger partial charge in [-0.3, -0.25) is 63.9 Å². The van der Waals surface area contributed by atoms with Crippen LogP contribution in [0.3, 0.4) is 0 Å². The molecule has 1 aliphatic carbocycles. The third kappa shape index (κ3) is 35.8. The zero-order valence-corrected chi connectivity index (χ0v) is 83.3. The summed E-state index contributed by atoms with van der Waals surface area (Å²) in [7, 11) is 5.88. The zero-order valence-electron chi connectivity index (χ0n) is 83.3. The zero-order chi connectivity index (χ0) is 101. The Hall–Kier alpha value is -10.3. The van der Waals surface area contributed by atoms with Crippen molar-refractivity contribution in [3.05, 3.63) is 113 Å². The summed E-state index contributed by atoms with van der Waals surface area (Å²) in [4.78, 5) is 174. The summed E-state index contributed by atoms with van der Waals surface area (Å²) in [5, 5.41) is 56.8. The molecule has 1 unspecified atom stereocenters. The molecular weight excluding hydrogens is 1780 g/mol. The Kier molecular flexibility index (Phi) is 49.9. The molecule has 3 heterocycles. The highest BCUT2D eigenvalue weighted by Gasteiger charge is 2.45. The van der Waals surface area contributed by atoms with Gasteiger partial charge < -0.3 is 121 Å². The maximum Gasteiger partial charge on any atom is 0.324 e. The van der Waals surface area contributed by atoms with Crippen molar-refractivity contribution in [2.24, 2.45) is 35.4 Å². The number of hydrogen-bond donors (Lipinski definition) is 14. The molecule has 0 spiro atoms. The van der Waals surface area contributed by atoms with Gasteiger partial charge >= 0.3 is 6.03 Å². The van der Waals surface area contributed by atoms with Crippen LogP contribution in [0.4, 0.5) is 10.5 Å². The lowest BCUT2D eigenvalue weighted by atomic mass is 9.89. The lowest BCUT2D eigenvalue weighted by Crippen LogP contribution is -2.61. The third-order valence-electron chi connectivity index (χ3n) is 25.7. The predicted molar refractivity (Wildman–Crippen MR) is 516 cm³/mol. The summed E-state index contributed by atoms with van der Waals surface area (Å²) < 4.78 is 46.8. The van der Waals surface area contributed by atoms with Crippen LogP contribution in [0.1, 0.15) is 214 Å². The third-order valence-corrected chi connectivity index (χ3v) is 25.7. The van der Waals surface area contributed by atoms with Gasteiger partial charge in [-0.1, -0.05) is 154 Å². The molecule has 2 saturated heterocycles. The van der Waals surface area contributed by atoms with Gasteiger partial charge in [0.05, 0.1) is 138 Å². The second kappa shape index (κ2) is 60.0. The van der Waals surface area contributed by atoms with Crippen LogP contribution in [0, 0.1) is 41.4 Å². The van der Waals surface area contributed by atoms with Crippen molar-refractivity contribution in [3.8, 4) is 11.8 Å². The summed E-state index contributed by atoms with van der Waals surface area (Å²) in [6.45, 7) is 20.9. The molecule has 2 fully saturated rings. The van der Waals surface area contributed by atoms with E-state index >= 15 is 4.79 Å². The van der Waals surface area contributed by atoms with Gasteiger partial charge in [-0.15, -0.1) is 0 Å². The summed E-state index contributed by atoms with van der Waals surface area (Å²) in [5.74, 6) is 3.97. The number of rotatable bonds is 57. The smallest absolute Gasteiger partial charge is 0.324 e. The molecule has 0 radical (unpaired) electrons. The summed E-state index contributed by atoms with van der Waals surface area (Å²) in [6.07, 6.45) is 1.39. The monoisotopic (exact) mass is 1930 g/mol. The van der Waals surface area contributed by atoms with Crippen LogP contribution in [0.2, 0.25) is 0 Å². The highest BCUT2D eigenvalue weighted by atomic mass is 16.6. The Bertz CT molecular complexity index is 4480. The van der Waals surface area contributed by atoms with Crippen molar-refractivity contribution < 1.29 is 111 Å². The molecule has 38 nitrogen and oxygen atoms in total. The number of likely N-dealkylation sites (N-methyl/N-ethyl adjacent to an activating group) is 2. The first-order chi connectivity index (χ1) is 66.1. The number of imide groups is 1. The number of urea groups is 1. The van der Waals surface area contributed by atoms with Crippen LogP contribution in [0.15, 0.2) is 90.3 Å². The van der Waals surface area contributed by atoms with Gasteiger partial charge in [0.2, 0.25) is 65.0 Å². The highest BCUT2D eigenvalue weighted by Crippen LogP contribution is 2.33. The van der Waals surface area contributed by atoms with Crippen LogP contribution in [-0.4, -0.2) is 300 Å². The fourth-order valence-corrected chi connectivity index (χ4v) is 17.6. The molecule has 138 heavy (non-hydrogen) atoms. The number of benzene rings is 3. The lowest BCUT2D eigenvalue weighted by Gasteiger charge is -2.41. The standard InChI is InChI=1S/C100H155N15O23/c1-16-65(8)90(80(131-14)58-85(122)114-49-29-38-77(114)92(132-15)66(9)93(124)104-67(10)91(123)71-32-19-17-20-33-71)112(12)99(129)87(63(4)5)109-97(128)89(64(6)7)113(13)100(130)110-94(125)68(11)105-96(127)86(62(2)3)108-95(126)75(36-27-28-47-102-83(120)61-137-79-39-22-18-21-35-74(88(79)111-101)107-98-78(117)43-42-73(60-116)138-98)106-82(119)46-50-133-52-54-135-56-57-136-55-53-134-51-48-103-81(118)44-45-84(121)115-59-72-34-24-23-30-69(72)40-41-70-31-25-26-37-76(70)115/h17,19-20,23-26,30-34,37,62-68,73,75,77-80,86-87,89-92,98,107,111,116-117,123H,16,18,21-22,27-29,35-36,38-39,42-61,101H2,1-15H3,(H,102,120)(H,103,118)(H,104,124)(H,105,127)(H,106,119)(H,108,126)(H,109,128)(H,110,125,130)/t65-,66+,67+,68-,73-,75+,77-,78+,79?,80+,86-,87-,89-,90-,91+,92+,98+/m0/s1. The summed E-state index contributed by atoms with van der Waals surface area (Å²) in [6, 6.07) is 15.0. The molecule has 3 aliphatic heterocycles. The number of carbonyl (C=O) groups excluding carboxylic acids is 12.